The molecule has 0 unspecified atom stereocenters. The number of thiophene rings is 1. The summed E-state index contributed by atoms with van der Waals surface area (Å²) in [5.41, 5.74) is 1.68. The van der Waals surface area contributed by atoms with E-state index in [2.05, 4.69) is 10.6 Å². The normalized spacial score (nSPS) is 14.0. The maximum Gasteiger partial charge on any atom is 0.317 e. The van der Waals surface area contributed by atoms with Crippen molar-refractivity contribution >= 4 is 29.0 Å². The van der Waals surface area contributed by atoms with Crippen LogP contribution in [0.3, 0.4) is 0 Å². The van der Waals surface area contributed by atoms with E-state index in [9.17, 15) is 9.59 Å². The molecule has 0 atom stereocenters. The highest BCUT2D eigenvalue weighted by Gasteiger charge is 2.20. The molecule has 1 aliphatic rings. The van der Waals surface area contributed by atoms with Gasteiger partial charge in [-0.1, -0.05) is 18.2 Å². The Kier molecular flexibility index (Phi) is 4.11. The maximum absolute atomic E-state index is 12.3. The lowest BCUT2D eigenvalue weighted by atomic mass is 10.1. The van der Waals surface area contributed by atoms with Crippen molar-refractivity contribution < 1.29 is 9.59 Å². The van der Waals surface area contributed by atoms with Crippen LogP contribution in [-0.4, -0.2) is 29.9 Å². The van der Waals surface area contributed by atoms with Crippen molar-refractivity contribution in [3.05, 3.63) is 51.7 Å². The number of nitrogens with one attached hydrogen (secondary N) is 2. The van der Waals surface area contributed by atoms with Crippen LogP contribution in [0.15, 0.2) is 36.4 Å². The number of amides is 3. The Hall–Kier alpha value is -2.34. The fourth-order valence-electron chi connectivity index (χ4n) is 2.39. The summed E-state index contributed by atoms with van der Waals surface area (Å²) < 4.78 is 0. The first-order valence-electron chi connectivity index (χ1n) is 7.12. The fraction of sp³-hybridized carbons (Fsp3) is 0.250. The van der Waals surface area contributed by atoms with Crippen molar-refractivity contribution in [2.45, 2.75) is 13.5 Å². The summed E-state index contributed by atoms with van der Waals surface area (Å²) in [5.74, 6) is -0.114. The minimum Gasteiger partial charge on any atom is -0.336 e. The van der Waals surface area contributed by atoms with Gasteiger partial charge < -0.3 is 15.5 Å². The van der Waals surface area contributed by atoms with Gasteiger partial charge in [0.15, 0.2) is 0 Å². The number of nitrogens with zero attached hydrogens (tertiary/aromatic N) is 1. The Balaban J connectivity index is 1.76. The Bertz CT molecular complexity index is 711. The van der Waals surface area contributed by atoms with Gasteiger partial charge in [-0.05, 0) is 30.7 Å². The highest BCUT2D eigenvalue weighted by Crippen LogP contribution is 2.21. The van der Waals surface area contributed by atoms with E-state index in [-0.39, 0.29) is 11.9 Å². The van der Waals surface area contributed by atoms with Crippen molar-refractivity contribution in [1.82, 2.24) is 10.2 Å². The Morgan fingerprint density at radius 1 is 1.32 bits per heavy atom. The molecule has 114 valence electrons. The Morgan fingerprint density at radius 3 is 2.82 bits per heavy atom. The van der Waals surface area contributed by atoms with Gasteiger partial charge in [-0.2, -0.15) is 0 Å². The molecule has 2 heterocycles. The molecule has 3 rings (SSSR count). The van der Waals surface area contributed by atoms with E-state index in [1.807, 2.05) is 43.3 Å². The van der Waals surface area contributed by atoms with E-state index in [0.717, 1.165) is 16.1 Å². The van der Waals surface area contributed by atoms with Gasteiger partial charge >= 0.3 is 6.03 Å². The van der Waals surface area contributed by atoms with Gasteiger partial charge in [-0.3, -0.25) is 4.79 Å². The summed E-state index contributed by atoms with van der Waals surface area (Å²) in [7, 11) is 0. The lowest BCUT2D eigenvalue weighted by molar-refractivity contribution is 0.103. The summed E-state index contributed by atoms with van der Waals surface area (Å²) in [6.07, 6.45) is 0. The quantitative estimate of drug-likeness (QED) is 0.911. The standard InChI is InChI=1S/C16H17N3O2S/c1-11-6-7-14(22-11)15(20)18-13-5-3-2-4-12(13)10-19-9-8-17-16(19)21/h2-7H,8-10H2,1H3,(H,17,21)(H,18,20). The highest BCUT2D eigenvalue weighted by atomic mass is 32.1. The zero-order chi connectivity index (χ0) is 15.5. The van der Waals surface area contributed by atoms with Crippen LogP contribution < -0.4 is 10.6 Å². The molecule has 0 saturated carbocycles. The molecule has 2 N–H and O–H groups in total. The molecule has 1 aromatic carbocycles. The molecule has 1 aliphatic heterocycles. The number of anilines is 1. The average Bonchev–Trinajstić information content (AvgIpc) is 3.10. The number of carbonyl (C=O) groups is 2. The third kappa shape index (κ3) is 3.12. The first kappa shape index (κ1) is 14.6. The number of urea groups is 1. The smallest absolute Gasteiger partial charge is 0.317 e. The van der Waals surface area contributed by atoms with E-state index in [1.165, 1.54) is 11.3 Å². The molecule has 2 aromatic rings. The second-order valence-corrected chi connectivity index (χ2v) is 6.46. The monoisotopic (exact) mass is 315 g/mol. The molecule has 22 heavy (non-hydrogen) atoms. The van der Waals surface area contributed by atoms with E-state index in [4.69, 9.17) is 0 Å². The molecule has 0 aliphatic carbocycles. The third-order valence-electron chi connectivity index (χ3n) is 3.54. The lowest BCUT2D eigenvalue weighted by Gasteiger charge is -2.17. The minimum absolute atomic E-state index is 0.0602. The van der Waals surface area contributed by atoms with Crippen LogP contribution in [-0.2, 0) is 6.54 Å². The Morgan fingerprint density at radius 2 is 2.14 bits per heavy atom. The van der Waals surface area contributed by atoms with Crippen molar-refractivity contribution in [3.63, 3.8) is 0 Å². The predicted octanol–water partition coefficient (Wildman–Crippen LogP) is 2.83. The minimum atomic E-state index is -0.114. The molecule has 3 amide bonds. The molecular weight excluding hydrogens is 298 g/mol. The van der Waals surface area contributed by atoms with Crippen molar-refractivity contribution in [2.24, 2.45) is 0 Å². The molecule has 1 saturated heterocycles. The average molecular weight is 315 g/mol. The van der Waals surface area contributed by atoms with Gasteiger partial charge in [-0.15, -0.1) is 11.3 Å². The lowest BCUT2D eigenvalue weighted by Crippen LogP contribution is -2.28. The number of para-hydroxylation sites is 1. The van der Waals surface area contributed by atoms with Gasteiger partial charge in [0.05, 0.1) is 4.88 Å². The first-order chi connectivity index (χ1) is 10.6. The Labute approximate surface area is 132 Å². The molecular formula is C16H17N3O2S. The summed E-state index contributed by atoms with van der Waals surface area (Å²) in [6, 6.07) is 11.3. The largest absolute Gasteiger partial charge is 0.336 e. The highest BCUT2D eigenvalue weighted by molar-refractivity contribution is 7.14. The van der Waals surface area contributed by atoms with Crippen LogP contribution in [0.25, 0.3) is 0 Å². The SMILES string of the molecule is Cc1ccc(C(=O)Nc2ccccc2CN2CCNC2=O)s1. The van der Waals surface area contributed by atoms with E-state index in [1.54, 1.807) is 4.90 Å². The molecule has 5 nitrogen and oxygen atoms in total. The molecule has 6 heteroatoms. The van der Waals surface area contributed by atoms with E-state index in [0.29, 0.717) is 24.5 Å². The molecule has 0 radical (unpaired) electrons. The van der Waals surface area contributed by atoms with Gasteiger partial charge in [0.1, 0.15) is 0 Å². The summed E-state index contributed by atoms with van der Waals surface area (Å²) in [4.78, 5) is 27.5. The summed E-state index contributed by atoms with van der Waals surface area (Å²) >= 11 is 1.47. The number of carbonyl (C=O) groups excluding carboxylic acids is 2. The molecule has 0 bridgehead atoms. The van der Waals surface area contributed by atoms with Crippen LogP contribution >= 0.6 is 11.3 Å². The second kappa shape index (κ2) is 6.19. The second-order valence-electron chi connectivity index (χ2n) is 5.18. The number of aryl methyl sites for hydroxylation is 1. The number of hydrogen-bond donors (Lipinski definition) is 2. The third-order valence-corrected chi connectivity index (χ3v) is 4.54. The van der Waals surface area contributed by atoms with Crippen LogP contribution in [0, 0.1) is 6.92 Å². The van der Waals surface area contributed by atoms with Gasteiger partial charge in [0.25, 0.3) is 5.91 Å². The van der Waals surface area contributed by atoms with Crippen molar-refractivity contribution in [1.29, 1.82) is 0 Å². The van der Waals surface area contributed by atoms with Gasteiger partial charge in [0, 0.05) is 30.2 Å². The van der Waals surface area contributed by atoms with Crippen LogP contribution in [0.5, 0.6) is 0 Å². The fourth-order valence-corrected chi connectivity index (χ4v) is 3.15. The summed E-state index contributed by atoms with van der Waals surface area (Å²) in [5, 5.41) is 5.72. The van der Waals surface area contributed by atoms with Crippen LogP contribution in [0.2, 0.25) is 0 Å². The topological polar surface area (TPSA) is 61.4 Å². The number of rotatable bonds is 4. The predicted molar refractivity (Wildman–Crippen MR) is 87.3 cm³/mol. The van der Waals surface area contributed by atoms with Crippen LogP contribution in [0.1, 0.15) is 20.1 Å². The molecule has 0 spiro atoms. The molecule has 1 aromatic heterocycles. The molecule has 1 fully saturated rings. The number of hydrogen-bond acceptors (Lipinski definition) is 3. The van der Waals surface area contributed by atoms with E-state index >= 15 is 0 Å². The van der Waals surface area contributed by atoms with Gasteiger partial charge in [-0.25, -0.2) is 4.79 Å². The van der Waals surface area contributed by atoms with Crippen molar-refractivity contribution in [3.8, 4) is 0 Å². The zero-order valence-corrected chi connectivity index (χ0v) is 13.1. The zero-order valence-electron chi connectivity index (χ0n) is 12.3. The van der Waals surface area contributed by atoms with Crippen molar-refractivity contribution in [2.75, 3.05) is 18.4 Å². The van der Waals surface area contributed by atoms with Gasteiger partial charge in [0.2, 0.25) is 0 Å². The summed E-state index contributed by atoms with van der Waals surface area (Å²) in [6.45, 7) is 3.82. The number of benzene rings is 1. The van der Waals surface area contributed by atoms with Crippen LogP contribution in [0.4, 0.5) is 10.5 Å². The maximum atomic E-state index is 12.3. The first-order valence-corrected chi connectivity index (χ1v) is 7.93. The van der Waals surface area contributed by atoms with E-state index < -0.39 is 0 Å².